The molecule has 7 nitrogen and oxygen atoms in total. The fourth-order valence-electron chi connectivity index (χ4n) is 4.32. The van der Waals surface area contributed by atoms with E-state index in [1.807, 2.05) is 0 Å². The average Bonchev–Trinajstić information content (AvgIpc) is 2.91. The van der Waals surface area contributed by atoms with Gasteiger partial charge >= 0.3 is 6.18 Å². The third kappa shape index (κ3) is 8.64. The maximum Gasteiger partial charge on any atom is 0.417 e. The summed E-state index contributed by atoms with van der Waals surface area (Å²) in [6.45, 7) is 5.91. The fraction of sp³-hybridized carbons (Fsp3) is 0.333. The third-order valence-corrected chi connectivity index (χ3v) is 8.82. The summed E-state index contributed by atoms with van der Waals surface area (Å²) in [5.74, 6) is -1.32. The number of benzene rings is 3. The van der Waals surface area contributed by atoms with E-state index in [2.05, 4.69) is 5.32 Å². The molecule has 0 spiro atoms. The van der Waals surface area contributed by atoms with Crippen LogP contribution in [0.3, 0.4) is 0 Å². The molecule has 1 atom stereocenters. The van der Waals surface area contributed by atoms with Gasteiger partial charge in [-0.25, -0.2) is 8.42 Å². The normalized spacial score (nSPS) is 12.9. The highest BCUT2D eigenvalue weighted by Crippen LogP contribution is 2.38. The van der Waals surface area contributed by atoms with Crippen LogP contribution in [0.5, 0.6) is 0 Å². The summed E-state index contributed by atoms with van der Waals surface area (Å²) < 4.78 is 69.6. The van der Waals surface area contributed by atoms with E-state index in [1.165, 1.54) is 29.2 Å². The van der Waals surface area contributed by atoms with Gasteiger partial charge in [0.15, 0.2) is 0 Å². The lowest BCUT2D eigenvalue weighted by atomic mass is 10.1. The van der Waals surface area contributed by atoms with Gasteiger partial charge in [-0.3, -0.25) is 13.9 Å². The standard InChI is InChI=1S/C30H32Cl2F3N3O4S/c1-5-26(28(40)36-29(2,3)4)37(18-20-11-9-10-14-24(20)31)27(39)19-38(43(41,42)22-12-7-6-8-13-22)21-15-16-25(32)23(17-21)30(33,34)35/h6-17,26H,5,18-19H2,1-4H3,(H,36,40)/t26-/m0/s1. The van der Waals surface area contributed by atoms with Gasteiger partial charge in [0.1, 0.15) is 12.6 Å². The maximum absolute atomic E-state index is 14.1. The molecule has 13 heteroatoms. The van der Waals surface area contributed by atoms with Crippen molar-refractivity contribution in [3.05, 3.63) is 94.0 Å². The van der Waals surface area contributed by atoms with E-state index in [0.29, 0.717) is 21.0 Å². The molecule has 0 radical (unpaired) electrons. The van der Waals surface area contributed by atoms with Crippen molar-refractivity contribution in [2.24, 2.45) is 0 Å². The van der Waals surface area contributed by atoms with Crippen LogP contribution >= 0.6 is 23.2 Å². The van der Waals surface area contributed by atoms with Crippen LogP contribution in [0.4, 0.5) is 18.9 Å². The van der Waals surface area contributed by atoms with E-state index in [1.54, 1.807) is 58.0 Å². The van der Waals surface area contributed by atoms with E-state index in [9.17, 15) is 31.2 Å². The monoisotopic (exact) mass is 657 g/mol. The summed E-state index contributed by atoms with van der Waals surface area (Å²) in [5, 5.41) is 2.52. The van der Waals surface area contributed by atoms with Crippen molar-refractivity contribution in [2.75, 3.05) is 10.8 Å². The van der Waals surface area contributed by atoms with Crippen molar-refractivity contribution in [3.63, 3.8) is 0 Å². The highest BCUT2D eigenvalue weighted by Gasteiger charge is 2.37. The summed E-state index contributed by atoms with van der Waals surface area (Å²) >= 11 is 12.2. The SMILES string of the molecule is CC[C@@H](C(=O)NC(C)(C)C)N(Cc1ccccc1Cl)C(=O)CN(c1ccc(Cl)c(C(F)(F)F)c1)S(=O)(=O)c1ccccc1. The number of hydrogen-bond acceptors (Lipinski definition) is 4. The van der Waals surface area contributed by atoms with Crippen LogP contribution in [0, 0.1) is 0 Å². The van der Waals surface area contributed by atoms with Crippen LogP contribution < -0.4 is 9.62 Å². The quantitative estimate of drug-likeness (QED) is 0.256. The molecule has 232 valence electrons. The van der Waals surface area contributed by atoms with E-state index < -0.39 is 62.4 Å². The minimum absolute atomic E-state index is 0.155. The van der Waals surface area contributed by atoms with Gasteiger partial charge < -0.3 is 10.2 Å². The molecule has 0 bridgehead atoms. The third-order valence-electron chi connectivity index (χ3n) is 6.34. The average molecular weight is 659 g/mol. The Morgan fingerprint density at radius 2 is 1.51 bits per heavy atom. The number of alkyl halides is 3. The minimum Gasteiger partial charge on any atom is -0.350 e. The predicted octanol–water partition coefficient (Wildman–Crippen LogP) is 6.93. The van der Waals surface area contributed by atoms with Gasteiger partial charge in [0.25, 0.3) is 10.0 Å². The first-order chi connectivity index (χ1) is 20.0. The Labute approximate surface area is 259 Å². The molecule has 0 aliphatic rings. The Morgan fingerprint density at radius 1 is 0.907 bits per heavy atom. The lowest BCUT2D eigenvalue weighted by Crippen LogP contribution is -2.55. The lowest BCUT2D eigenvalue weighted by Gasteiger charge is -2.35. The summed E-state index contributed by atoms with van der Waals surface area (Å²) in [4.78, 5) is 28.4. The molecule has 0 saturated heterocycles. The molecule has 0 aliphatic heterocycles. The molecule has 0 fully saturated rings. The van der Waals surface area contributed by atoms with E-state index in [0.717, 1.165) is 12.1 Å². The summed E-state index contributed by atoms with van der Waals surface area (Å²) in [7, 11) is -4.57. The highest BCUT2D eigenvalue weighted by molar-refractivity contribution is 7.92. The van der Waals surface area contributed by atoms with Gasteiger partial charge in [-0.1, -0.05) is 66.5 Å². The number of sulfonamides is 1. The Balaban J connectivity index is 2.16. The van der Waals surface area contributed by atoms with Crippen LogP contribution in [0.2, 0.25) is 10.0 Å². The number of rotatable bonds is 10. The molecular weight excluding hydrogens is 626 g/mol. The number of amides is 2. The van der Waals surface area contributed by atoms with Gasteiger partial charge in [-0.15, -0.1) is 0 Å². The van der Waals surface area contributed by atoms with Crippen molar-refractivity contribution < 1.29 is 31.2 Å². The Morgan fingerprint density at radius 3 is 2.07 bits per heavy atom. The van der Waals surface area contributed by atoms with Crippen LogP contribution in [0.15, 0.2) is 77.7 Å². The zero-order valence-corrected chi connectivity index (χ0v) is 26.3. The summed E-state index contributed by atoms with van der Waals surface area (Å²) in [6, 6.07) is 15.2. The predicted molar refractivity (Wildman–Crippen MR) is 161 cm³/mol. The molecular formula is C30H32Cl2F3N3O4S. The first-order valence-electron chi connectivity index (χ1n) is 13.2. The number of halogens is 5. The second kappa shape index (κ2) is 13.6. The fourth-order valence-corrected chi connectivity index (χ4v) is 6.16. The molecule has 0 aliphatic carbocycles. The maximum atomic E-state index is 14.1. The first kappa shape index (κ1) is 34.2. The van der Waals surface area contributed by atoms with Crippen LogP contribution in [-0.2, 0) is 32.3 Å². The zero-order valence-electron chi connectivity index (χ0n) is 24.0. The van der Waals surface area contributed by atoms with Gasteiger partial charge in [-0.2, -0.15) is 13.2 Å². The molecule has 0 aromatic heterocycles. The van der Waals surface area contributed by atoms with Gasteiger partial charge in [-0.05, 0) is 69.2 Å². The van der Waals surface area contributed by atoms with Crippen molar-refractivity contribution in [2.45, 2.75) is 63.3 Å². The Kier molecular flexibility index (Phi) is 10.8. The molecule has 3 aromatic carbocycles. The number of carbonyl (C=O) groups is 2. The van der Waals surface area contributed by atoms with Gasteiger partial charge in [0, 0.05) is 17.1 Å². The molecule has 1 N–H and O–H groups in total. The van der Waals surface area contributed by atoms with Crippen molar-refractivity contribution in [1.29, 1.82) is 0 Å². The van der Waals surface area contributed by atoms with Crippen molar-refractivity contribution >= 4 is 50.7 Å². The van der Waals surface area contributed by atoms with Crippen molar-refractivity contribution in [1.82, 2.24) is 10.2 Å². The zero-order chi connectivity index (χ0) is 32.2. The molecule has 3 aromatic rings. The molecule has 3 rings (SSSR count). The van der Waals surface area contributed by atoms with E-state index >= 15 is 0 Å². The van der Waals surface area contributed by atoms with Crippen LogP contribution in [-0.4, -0.2) is 43.3 Å². The number of hydrogen-bond donors (Lipinski definition) is 1. The lowest BCUT2D eigenvalue weighted by molar-refractivity contribution is -0.141. The van der Waals surface area contributed by atoms with Crippen LogP contribution in [0.1, 0.15) is 45.2 Å². The number of nitrogens with zero attached hydrogens (tertiary/aromatic N) is 2. The molecule has 0 heterocycles. The van der Waals surface area contributed by atoms with Gasteiger partial charge in [0.05, 0.1) is 21.2 Å². The molecule has 43 heavy (non-hydrogen) atoms. The Hall–Kier alpha value is -3.28. The van der Waals surface area contributed by atoms with Crippen LogP contribution in [0.25, 0.3) is 0 Å². The second-order valence-electron chi connectivity index (χ2n) is 10.8. The number of anilines is 1. The van der Waals surface area contributed by atoms with E-state index in [-0.39, 0.29) is 17.9 Å². The second-order valence-corrected chi connectivity index (χ2v) is 13.4. The minimum atomic E-state index is -4.90. The summed E-state index contributed by atoms with van der Waals surface area (Å²) in [5.41, 5.74) is -1.86. The topological polar surface area (TPSA) is 86.8 Å². The molecule has 0 unspecified atom stereocenters. The first-order valence-corrected chi connectivity index (χ1v) is 15.4. The number of carbonyl (C=O) groups excluding carboxylic acids is 2. The van der Waals surface area contributed by atoms with Gasteiger partial charge in [0.2, 0.25) is 11.8 Å². The molecule has 2 amide bonds. The molecule has 0 saturated carbocycles. The van der Waals surface area contributed by atoms with E-state index in [4.69, 9.17) is 23.2 Å². The smallest absolute Gasteiger partial charge is 0.350 e. The van der Waals surface area contributed by atoms with Crippen molar-refractivity contribution in [3.8, 4) is 0 Å². The summed E-state index contributed by atoms with van der Waals surface area (Å²) in [6.07, 6.45) is -4.74. The number of nitrogens with one attached hydrogen (secondary N) is 1. The largest absolute Gasteiger partial charge is 0.417 e. The Bertz CT molecular complexity index is 1560. The highest BCUT2D eigenvalue weighted by atomic mass is 35.5.